The zero-order valence-electron chi connectivity index (χ0n) is 10.7. The van der Waals surface area contributed by atoms with Gasteiger partial charge in [0.2, 0.25) is 0 Å². The van der Waals surface area contributed by atoms with Crippen molar-refractivity contribution in [2.45, 2.75) is 38.3 Å². The van der Waals surface area contributed by atoms with Gasteiger partial charge in [0, 0.05) is 29.6 Å². The summed E-state index contributed by atoms with van der Waals surface area (Å²) in [5.41, 5.74) is 1.55. The number of carbonyl (C=O) groups is 1. The molecule has 0 saturated heterocycles. The van der Waals surface area contributed by atoms with Gasteiger partial charge in [-0.1, -0.05) is 12.8 Å². The number of nitriles is 1. The molecule has 2 heterocycles. The van der Waals surface area contributed by atoms with Gasteiger partial charge < -0.3 is 4.90 Å². The van der Waals surface area contributed by atoms with Crippen LogP contribution in [0.25, 0.3) is 5.57 Å². The number of ketones is 1. The Morgan fingerprint density at radius 3 is 2.95 bits per heavy atom. The van der Waals surface area contributed by atoms with Gasteiger partial charge in [-0.25, -0.2) is 0 Å². The van der Waals surface area contributed by atoms with Gasteiger partial charge in [0.1, 0.15) is 6.54 Å². The summed E-state index contributed by atoms with van der Waals surface area (Å²) in [7, 11) is 0. The fourth-order valence-corrected chi connectivity index (χ4v) is 2.90. The van der Waals surface area contributed by atoms with E-state index in [1.807, 2.05) is 12.3 Å². The number of Topliss-reactive ketones (excluding diaryl/α,β-unsaturated/α-hetero) is 1. The number of carbonyl (C=O) groups excluding carboxylic acids is 1. The molecule has 0 N–H and O–H groups in total. The van der Waals surface area contributed by atoms with Crippen LogP contribution in [0.1, 0.15) is 31.2 Å². The van der Waals surface area contributed by atoms with Crippen LogP contribution in [-0.2, 0) is 11.3 Å². The molecule has 3 rings (SSSR count). The Balaban J connectivity index is 1.80. The predicted octanol–water partition coefficient (Wildman–Crippen LogP) is 1.57. The number of hydrogen-bond donors (Lipinski definition) is 0. The Hall–Kier alpha value is -2.09. The average Bonchev–Trinajstić information content (AvgIpc) is 3.08. The molecule has 98 valence electrons. The molecule has 1 aromatic rings. The van der Waals surface area contributed by atoms with E-state index in [4.69, 9.17) is 5.26 Å². The fourth-order valence-electron chi connectivity index (χ4n) is 2.90. The zero-order chi connectivity index (χ0) is 13.2. The summed E-state index contributed by atoms with van der Waals surface area (Å²) in [6.07, 6.45) is 10.3. The highest BCUT2D eigenvalue weighted by Gasteiger charge is 2.29. The third kappa shape index (κ3) is 2.26. The van der Waals surface area contributed by atoms with Crippen molar-refractivity contribution in [3.63, 3.8) is 0 Å². The second-order valence-corrected chi connectivity index (χ2v) is 5.16. The average molecular weight is 256 g/mol. The number of aromatic nitrogens is 2. The van der Waals surface area contributed by atoms with Gasteiger partial charge in [-0.2, -0.15) is 10.4 Å². The topological polar surface area (TPSA) is 61.9 Å². The molecule has 1 fully saturated rings. The maximum Gasteiger partial charge on any atom is 0.184 e. The van der Waals surface area contributed by atoms with Crippen LogP contribution in [0.2, 0.25) is 0 Å². The lowest BCUT2D eigenvalue weighted by Crippen LogP contribution is -2.28. The van der Waals surface area contributed by atoms with Gasteiger partial charge >= 0.3 is 0 Å². The molecule has 0 amide bonds. The van der Waals surface area contributed by atoms with Crippen molar-refractivity contribution >= 4 is 11.4 Å². The highest BCUT2D eigenvalue weighted by atomic mass is 16.1. The summed E-state index contributed by atoms with van der Waals surface area (Å²) in [5.74, 6) is 0.156. The Labute approximate surface area is 112 Å². The van der Waals surface area contributed by atoms with Gasteiger partial charge in [-0.05, 0) is 12.8 Å². The number of hydrogen-bond acceptors (Lipinski definition) is 4. The summed E-state index contributed by atoms with van der Waals surface area (Å²) < 4.78 is 1.56. The first-order valence-corrected chi connectivity index (χ1v) is 6.68. The Bertz CT molecular complexity index is 560. The largest absolute Gasteiger partial charge is 0.366 e. The first kappa shape index (κ1) is 12.0. The highest BCUT2D eigenvalue weighted by Crippen LogP contribution is 2.29. The molecular weight excluding hydrogens is 240 g/mol. The molecule has 1 aromatic heterocycles. The maximum atomic E-state index is 12.1. The zero-order valence-corrected chi connectivity index (χ0v) is 10.7. The van der Waals surface area contributed by atoms with E-state index in [0.29, 0.717) is 12.6 Å². The van der Waals surface area contributed by atoms with Crippen molar-refractivity contribution in [1.29, 1.82) is 5.26 Å². The molecule has 5 heteroatoms. The minimum atomic E-state index is 0.156. The van der Waals surface area contributed by atoms with E-state index < -0.39 is 0 Å². The van der Waals surface area contributed by atoms with E-state index in [0.717, 1.165) is 11.1 Å². The minimum absolute atomic E-state index is 0.156. The SMILES string of the molecule is N#CCn1cc(C2=CN(C3CCCC3)CC2=O)cn1. The summed E-state index contributed by atoms with van der Waals surface area (Å²) in [4.78, 5) is 14.3. The third-order valence-corrected chi connectivity index (χ3v) is 3.89. The fraction of sp³-hybridized carbons (Fsp3) is 0.500. The number of rotatable bonds is 3. The molecule has 0 bridgehead atoms. The maximum absolute atomic E-state index is 12.1. The van der Waals surface area contributed by atoms with E-state index >= 15 is 0 Å². The third-order valence-electron chi connectivity index (χ3n) is 3.89. The molecule has 0 unspecified atom stereocenters. The molecule has 19 heavy (non-hydrogen) atoms. The molecule has 0 atom stereocenters. The number of nitrogens with zero attached hydrogens (tertiary/aromatic N) is 4. The van der Waals surface area contributed by atoms with E-state index in [-0.39, 0.29) is 12.3 Å². The second-order valence-electron chi connectivity index (χ2n) is 5.16. The molecule has 1 aliphatic carbocycles. The van der Waals surface area contributed by atoms with Crippen molar-refractivity contribution in [3.8, 4) is 6.07 Å². The summed E-state index contributed by atoms with van der Waals surface area (Å²) in [6.45, 7) is 0.706. The minimum Gasteiger partial charge on any atom is -0.366 e. The monoisotopic (exact) mass is 256 g/mol. The van der Waals surface area contributed by atoms with Crippen LogP contribution in [0.15, 0.2) is 18.6 Å². The van der Waals surface area contributed by atoms with Crippen molar-refractivity contribution in [2.24, 2.45) is 0 Å². The van der Waals surface area contributed by atoms with Crippen LogP contribution in [0.4, 0.5) is 0 Å². The van der Waals surface area contributed by atoms with Crippen molar-refractivity contribution in [3.05, 3.63) is 24.2 Å². The predicted molar refractivity (Wildman–Crippen MR) is 69.8 cm³/mol. The quantitative estimate of drug-likeness (QED) is 0.823. The van der Waals surface area contributed by atoms with Crippen LogP contribution in [-0.4, -0.2) is 33.1 Å². The van der Waals surface area contributed by atoms with E-state index in [1.54, 1.807) is 17.1 Å². The molecule has 1 aliphatic heterocycles. The molecule has 0 radical (unpaired) electrons. The lowest BCUT2D eigenvalue weighted by atomic mass is 10.1. The summed E-state index contributed by atoms with van der Waals surface area (Å²) in [5, 5.41) is 12.7. The standard InChI is InChI=1S/C14H16N4O/c15-5-6-18-8-11(7-16-18)13-9-17(10-14(13)19)12-3-1-2-4-12/h7-9,12H,1-4,6,10H2. The van der Waals surface area contributed by atoms with Crippen molar-refractivity contribution in [1.82, 2.24) is 14.7 Å². The Morgan fingerprint density at radius 2 is 2.21 bits per heavy atom. The van der Waals surface area contributed by atoms with Crippen molar-refractivity contribution in [2.75, 3.05) is 6.54 Å². The molecular formula is C14H16N4O. The normalized spacial score (nSPS) is 19.8. The van der Waals surface area contributed by atoms with Gasteiger partial charge in [-0.3, -0.25) is 9.48 Å². The smallest absolute Gasteiger partial charge is 0.184 e. The van der Waals surface area contributed by atoms with Crippen LogP contribution in [0, 0.1) is 11.3 Å². The Kier molecular flexibility index (Phi) is 3.08. The summed E-state index contributed by atoms with van der Waals surface area (Å²) in [6, 6.07) is 2.56. The highest BCUT2D eigenvalue weighted by molar-refractivity contribution is 6.23. The molecule has 0 aromatic carbocycles. The molecule has 2 aliphatic rings. The van der Waals surface area contributed by atoms with Crippen LogP contribution in [0.3, 0.4) is 0 Å². The van der Waals surface area contributed by atoms with Gasteiger partial charge in [0.25, 0.3) is 0 Å². The van der Waals surface area contributed by atoms with Gasteiger partial charge in [0.05, 0.1) is 18.8 Å². The molecule has 0 spiro atoms. The van der Waals surface area contributed by atoms with E-state index in [2.05, 4.69) is 10.00 Å². The second kappa shape index (κ2) is 4.88. The Morgan fingerprint density at radius 1 is 1.42 bits per heavy atom. The van der Waals surface area contributed by atoms with Crippen LogP contribution >= 0.6 is 0 Å². The van der Waals surface area contributed by atoms with Gasteiger partial charge in [-0.15, -0.1) is 0 Å². The first-order chi connectivity index (χ1) is 9.28. The van der Waals surface area contributed by atoms with E-state index in [1.165, 1.54) is 25.7 Å². The van der Waals surface area contributed by atoms with E-state index in [9.17, 15) is 4.79 Å². The van der Waals surface area contributed by atoms with Gasteiger partial charge in [0.15, 0.2) is 5.78 Å². The molecule has 5 nitrogen and oxygen atoms in total. The lowest BCUT2D eigenvalue weighted by molar-refractivity contribution is -0.113. The summed E-state index contributed by atoms with van der Waals surface area (Å²) >= 11 is 0. The van der Waals surface area contributed by atoms with Crippen molar-refractivity contribution < 1.29 is 4.79 Å². The van der Waals surface area contributed by atoms with Crippen LogP contribution in [0.5, 0.6) is 0 Å². The van der Waals surface area contributed by atoms with Crippen LogP contribution < -0.4 is 0 Å². The lowest BCUT2D eigenvalue weighted by Gasteiger charge is -2.22. The molecule has 1 saturated carbocycles. The first-order valence-electron chi connectivity index (χ1n) is 6.68.